The Morgan fingerprint density at radius 3 is 2.00 bits per heavy atom. The molecule has 1 aromatic carbocycles. The molecular formula is C19H34N2. The van der Waals surface area contributed by atoms with Gasteiger partial charge in [0.2, 0.25) is 0 Å². The summed E-state index contributed by atoms with van der Waals surface area (Å²) in [4.78, 5) is 2.47. The average Bonchev–Trinajstić information content (AvgIpc) is 2.41. The van der Waals surface area contributed by atoms with Crippen LogP contribution in [0.1, 0.15) is 58.6 Å². The number of rotatable bonds is 8. The highest BCUT2D eigenvalue weighted by Crippen LogP contribution is 2.12. The SMILES string of the molecule is CCC(CC)N(C)Cc1ccc(CCNC(C)(C)C)cc1. The fourth-order valence-electron chi connectivity index (χ4n) is 2.72. The Kier molecular flexibility index (Phi) is 7.41. The van der Waals surface area contributed by atoms with Gasteiger partial charge in [0.1, 0.15) is 0 Å². The van der Waals surface area contributed by atoms with E-state index in [1.807, 2.05) is 0 Å². The normalized spacial score (nSPS) is 12.4. The van der Waals surface area contributed by atoms with Crippen molar-refractivity contribution in [2.75, 3.05) is 13.6 Å². The van der Waals surface area contributed by atoms with Crippen LogP contribution in [0.5, 0.6) is 0 Å². The molecule has 0 amide bonds. The van der Waals surface area contributed by atoms with E-state index in [9.17, 15) is 0 Å². The number of nitrogens with one attached hydrogen (secondary N) is 1. The van der Waals surface area contributed by atoms with Crippen LogP contribution in [-0.4, -0.2) is 30.1 Å². The van der Waals surface area contributed by atoms with Gasteiger partial charge in [0.05, 0.1) is 0 Å². The second-order valence-corrected chi connectivity index (χ2v) is 7.13. The molecule has 0 spiro atoms. The second-order valence-electron chi connectivity index (χ2n) is 7.13. The number of hydrogen-bond acceptors (Lipinski definition) is 2. The summed E-state index contributed by atoms with van der Waals surface area (Å²) in [5.41, 5.74) is 3.04. The van der Waals surface area contributed by atoms with Crippen molar-refractivity contribution in [3.8, 4) is 0 Å². The van der Waals surface area contributed by atoms with E-state index >= 15 is 0 Å². The highest BCUT2D eigenvalue weighted by atomic mass is 15.1. The molecule has 2 nitrogen and oxygen atoms in total. The third-order valence-electron chi connectivity index (χ3n) is 4.09. The molecule has 0 aliphatic carbocycles. The van der Waals surface area contributed by atoms with Gasteiger partial charge in [0.25, 0.3) is 0 Å². The lowest BCUT2D eigenvalue weighted by Gasteiger charge is -2.26. The second kappa shape index (κ2) is 8.55. The fraction of sp³-hybridized carbons (Fsp3) is 0.684. The molecule has 0 bridgehead atoms. The Labute approximate surface area is 131 Å². The van der Waals surface area contributed by atoms with E-state index in [0.717, 1.165) is 19.5 Å². The maximum atomic E-state index is 3.54. The summed E-state index contributed by atoms with van der Waals surface area (Å²) >= 11 is 0. The zero-order valence-corrected chi connectivity index (χ0v) is 14.9. The Morgan fingerprint density at radius 1 is 1.00 bits per heavy atom. The first kappa shape index (κ1) is 18.2. The van der Waals surface area contributed by atoms with Gasteiger partial charge >= 0.3 is 0 Å². The van der Waals surface area contributed by atoms with E-state index in [2.05, 4.69) is 76.1 Å². The third-order valence-corrected chi connectivity index (χ3v) is 4.09. The van der Waals surface area contributed by atoms with E-state index in [-0.39, 0.29) is 5.54 Å². The number of benzene rings is 1. The molecule has 2 heteroatoms. The van der Waals surface area contributed by atoms with Crippen LogP contribution in [-0.2, 0) is 13.0 Å². The molecule has 0 aliphatic heterocycles. The van der Waals surface area contributed by atoms with Gasteiger partial charge in [0, 0.05) is 18.1 Å². The molecule has 1 N–H and O–H groups in total. The topological polar surface area (TPSA) is 15.3 Å². The minimum Gasteiger partial charge on any atom is -0.312 e. The Bertz CT molecular complexity index is 385. The lowest BCUT2D eigenvalue weighted by Crippen LogP contribution is -2.37. The Morgan fingerprint density at radius 2 is 1.52 bits per heavy atom. The highest BCUT2D eigenvalue weighted by Gasteiger charge is 2.11. The lowest BCUT2D eigenvalue weighted by molar-refractivity contribution is 0.222. The molecule has 1 rings (SSSR count). The van der Waals surface area contributed by atoms with Crippen LogP contribution >= 0.6 is 0 Å². The van der Waals surface area contributed by atoms with Crippen molar-refractivity contribution in [2.45, 2.75) is 72.0 Å². The summed E-state index contributed by atoms with van der Waals surface area (Å²) in [6.07, 6.45) is 3.55. The monoisotopic (exact) mass is 290 g/mol. The summed E-state index contributed by atoms with van der Waals surface area (Å²) in [6.45, 7) is 13.3. The van der Waals surface area contributed by atoms with Crippen LogP contribution in [0.25, 0.3) is 0 Å². The first-order valence-electron chi connectivity index (χ1n) is 8.38. The maximum Gasteiger partial charge on any atom is 0.0233 e. The number of nitrogens with zero attached hydrogens (tertiary/aromatic N) is 1. The zero-order valence-electron chi connectivity index (χ0n) is 14.9. The van der Waals surface area contributed by atoms with E-state index in [1.165, 1.54) is 24.0 Å². The quantitative estimate of drug-likeness (QED) is 0.770. The summed E-state index contributed by atoms with van der Waals surface area (Å²) in [7, 11) is 2.23. The predicted molar refractivity (Wildman–Crippen MR) is 93.7 cm³/mol. The zero-order chi connectivity index (χ0) is 15.9. The van der Waals surface area contributed by atoms with Crippen molar-refractivity contribution in [1.82, 2.24) is 10.2 Å². The van der Waals surface area contributed by atoms with Gasteiger partial charge in [-0.05, 0) is 64.8 Å². The molecule has 0 heterocycles. The molecule has 0 saturated heterocycles. The average molecular weight is 290 g/mol. The molecule has 21 heavy (non-hydrogen) atoms. The first-order valence-corrected chi connectivity index (χ1v) is 8.38. The Hall–Kier alpha value is -0.860. The maximum absolute atomic E-state index is 3.54. The summed E-state index contributed by atoms with van der Waals surface area (Å²) in [6, 6.07) is 9.82. The van der Waals surface area contributed by atoms with E-state index < -0.39 is 0 Å². The van der Waals surface area contributed by atoms with Crippen molar-refractivity contribution in [3.63, 3.8) is 0 Å². The van der Waals surface area contributed by atoms with Crippen LogP contribution in [0.2, 0.25) is 0 Å². The molecular weight excluding hydrogens is 256 g/mol. The molecule has 120 valence electrons. The largest absolute Gasteiger partial charge is 0.312 e. The standard InChI is InChI=1S/C19H34N2/c1-7-18(8-2)21(6)15-17-11-9-16(10-12-17)13-14-20-19(3,4)5/h9-12,18,20H,7-8,13-15H2,1-6H3. The van der Waals surface area contributed by atoms with Gasteiger partial charge in [-0.25, -0.2) is 0 Å². The van der Waals surface area contributed by atoms with Gasteiger partial charge in [-0.2, -0.15) is 0 Å². The molecule has 1 aromatic rings. The smallest absolute Gasteiger partial charge is 0.0233 e. The van der Waals surface area contributed by atoms with Crippen LogP contribution in [0, 0.1) is 0 Å². The first-order chi connectivity index (χ1) is 9.85. The Balaban J connectivity index is 2.46. The molecule has 0 unspecified atom stereocenters. The van der Waals surface area contributed by atoms with Crippen molar-refractivity contribution < 1.29 is 0 Å². The molecule has 0 fully saturated rings. The third kappa shape index (κ3) is 7.10. The summed E-state index contributed by atoms with van der Waals surface area (Å²) in [5.74, 6) is 0. The van der Waals surface area contributed by atoms with Gasteiger partial charge in [-0.3, -0.25) is 4.90 Å². The van der Waals surface area contributed by atoms with E-state index in [0.29, 0.717) is 6.04 Å². The highest BCUT2D eigenvalue weighted by molar-refractivity contribution is 5.22. The van der Waals surface area contributed by atoms with Crippen molar-refractivity contribution in [1.29, 1.82) is 0 Å². The van der Waals surface area contributed by atoms with Gasteiger partial charge in [-0.1, -0.05) is 38.1 Å². The minimum absolute atomic E-state index is 0.206. The predicted octanol–water partition coefficient (Wildman–Crippen LogP) is 4.24. The van der Waals surface area contributed by atoms with Crippen molar-refractivity contribution in [3.05, 3.63) is 35.4 Å². The van der Waals surface area contributed by atoms with Gasteiger partial charge in [-0.15, -0.1) is 0 Å². The van der Waals surface area contributed by atoms with Crippen molar-refractivity contribution >= 4 is 0 Å². The van der Waals surface area contributed by atoms with E-state index in [1.54, 1.807) is 0 Å². The van der Waals surface area contributed by atoms with Crippen molar-refractivity contribution in [2.24, 2.45) is 0 Å². The molecule has 0 aromatic heterocycles. The van der Waals surface area contributed by atoms with Gasteiger partial charge < -0.3 is 5.32 Å². The molecule has 0 atom stereocenters. The number of hydrogen-bond donors (Lipinski definition) is 1. The fourth-order valence-corrected chi connectivity index (χ4v) is 2.72. The van der Waals surface area contributed by atoms with Crippen LogP contribution in [0.15, 0.2) is 24.3 Å². The van der Waals surface area contributed by atoms with Crippen LogP contribution in [0.4, 0.5) is 0 Å². The van der Waals surface area contributed by atoms with Crippen LogP contribution < -0.4 is 5.32 Å². The molecule has 0 saturated carbocycles. The lowest BCUT2D eigenvalue weighted by atomic mass is 10.1. The molecule has 0 aliphatic rings. The summed E-state index contributed by atoms with van der Waals surface area (Å²) < 4.78 is 0. The summed E-state index contributed by atoms with van der Waals surface area (Å²) in [5, 5.41) is 3.54. The van der Waals surface area contributed by atoms with E-state index in [4.69, 9.17) is 0 Å². The van der Waals surface area contributed by atoms with Crippen LogP contribution in [0.3, 0.4) is 0 Å². The minimum atomic E-state index is 0.206. The molecule has 0 radical (unpaired) electrons. The van der Waals surface area contributed by atoms with Gasteiger partial charge in [0.15, 0.2) is 0 Å².